The molecule has 26 heavy (non-hydrogen) atoms. The zero-order valence-electron chi connectivity index (χ0n) is 15.1. The molecule has 0 saturated carbocycles. The van der Waals surface area contributed by atoms with E-state index in [1.165, 1.54) is 0 Å². The molecule has 11 nitrogen and oxygen atoms in total. The van der Waals surface area contributed by atoms with Gasteiger partial charge in [-0.25, -0.2) is 4.79 Å². The lowest BCUT2D eigenvalue weighted by atomic mass is 10.0. The Morgan fingerprint density at radius 3 is 2.15 bits per heavy atom. The Balaban J connectivity index is 4.92. The quantitative estimate of drug-likeness (QED) is 0.104. The van der Waals surface area contributed by atoms with Crippen molar-refractivity contribution in [1.29, 1.82) is 0 Å². The molecule has 0 rings (SSSR count). The molecule has 11 heteroatoms. The van der Waals surface area contributed by atoms with Crippen molar-refractivity contribution in [3.8, 4) is 0 Å². The fraction of sp³-hybridized carbons (Fsp3) is 0.733. The van der Waals surface area contributed by atoms with Crippen LogP contribution in [0.3, 0.4) is 0 Å². The van der Waals surface area contributed by atoms with Crippen molar-refractivity contribution < 1.29 is 19.5 Å². The molecule has 0 spiro atoms. The molecule has 0 aromatic carbocycles. The summed E-state index contributed by atoms with van der Waals surface area (Å²) in [4.78, 5) is 39.3. The largest absolute Gasteiger partial charge is 0.480 e. The van der Waals surface area contributed by atoms with Gasteiger partial charge in [0.2, 0.25) is 11.8 Å². The Labute approximate surface area is 152 Å². The monoisotopic (exact) mass is 373 g/mol. The molecule has 11 N–H and O–H groups in total. The van der Waals surface area contributed by atoms with E-state index in [1.807, 2.05) is 0 Å². The number of aliphatic imine (C=N–C) groups is 1. The Morgan fingerprint density at radius 2 is 1.65 bits per heavy atom. The van der Waals surface area contributed by atoms with Crippen LogP contribution in [0.4, 0.5) is 0 Å². The van der Waals surface area contributed by atoms with Crippen LogP contribution in [0.1, 0.15) is 39.0 Å². The van der Waals surface area contributed by atoms with Crippen LogP contribution in [0, 0.1) is 0 Å². The fourth-order valence-electron chi connectivity index (χ4n) is 2.27. The smallest absolute Gasteiger partial charge is 0.326 e. The molecule has 0 bridgehead atoms. The first-order chi connectivity index (χ1) is 12.2. The van der Waals surface area contributed by atoms with Crippen LogP contribution < -0.4 is 33.6 Å². The van der Waals surface area contributed by atoms with Gasteiger partial charge in [0.1, 0.15) is 12.1 Å². The van der Waals surface area contributed by atoms with Crippen molar-refractivity contribution in [3.05, 3.63) is 0 Å². The number of carboxylic acid groups (broad SMARTS) is 1. The number of carboxylic acids is 1. The van der Waals surface area contributed by atoms with Crippen molar-refractivity contribution in [3.63, 3.8) is 0 Å². The molecule has 0 aromatic rings. The molecule has 150 valence electrons. The van der Waals surface area contributed by atoms with Gasteiger partial charge in [-0.2, -0.15) is 0 Å². The molecule has 0 fully saturated rings. The normalized spacial score (nSPS) is 14.0. The predicted molar refractivity (Wildman–Crippen MR) is 98.0 cm³/mol. The number of carbonyl (C=O) groups is 3. The van der Waals surface area contributed by atoms with Crippen molar-refractivity contribution >= 4 is 23.7 Å². The molecule has 0 aliphatic heterocycles. The van der Waals surface area contributed by atoms with Crippen LogP contribution in [0.15, 0.2) is 4.99 Å². The van der Waals surface area contributed by atoms with Gasteiger partial charge in [0.25, 0.3) is 0 Å². The average Bonchev–Trinajstić information content (AvgIpc) is 2.56. The van der Waals surface area contributed by atoms with Crippen molar-refractivity contribution in [2.24, 2.45) is 27.9 Å². The minimum atomic E-state index is -1.15. The van der Waals surface area contributed by atoms with Crippen LogP contribution in [-0.2, 0) is 14.4 Å². The summed E-state index contributed by atoms with van der Waals surface area (Å²) in [6, 6.07) is -2.24. The lowest BCUT2D eigenvalue weighted by Gasteiger charge is -2.22. The molecule has 0 saturated heterocycles. The first-order valence-electron chi connectivity index (χ1n) is 8.52. The second-order valence-corrected chi connectivity index (χ2v) is 5.99. The first-order valence-corrected chi connectivity index (χ1v) is 8.52. The Kier molecular flexibility index (Phi) is 11.7. The van der Waals surface area contributed by atoms with Crippen molar-refractivity contribution in [2.45, 2.75) is 57.2 Å². The molecular formula is C15H31N7O4. The maximum Gasteiger partial charge on any atom is 0.326 e. The van der Waals surface area contributed by atoms with Crippen LogP contribution in [0.25, 0.3) is 0 Å². The van der Waals surface area contributed by atoms with E-state index in [0.29, 0.717) is 25.8 Å². The molecule has 0 heterocycles. The molecule has 0 aromatic heterocycles. The summed E-state index contributed by atoms with van der Waals surface area (Å²) in [5, 5.41) is 14.2. The summed E-state index contributed by atoms with van der Waals surface area (Å²) in [5.41, 5.74) is 21.3. The number of guanidine groups is 1. The number of aliphatic carboxylic acids is 1. The SMILES string of the molecule is CC(CC[C@H](NC(=O)CN)C(=O)N[C@@H](CCCCN)C(=O)O)N=C(N)N. The first kappa shape index (κ1) is 23.6. The van der Waals surface area contributed by atoms with Gasteiger partial charge in [0.15, 0.2) is 5.96 Å². The summed E-state index contributed by atoms with van der Waals surface area (Å²) < 4.78 is 0. The number of unbranched alkanes of at least 4 members (excludes halogenated alkanes) is 1. The Hall–Kier alpha value is -2.40. The molecule has 0 aliphatic rings. The summed E-state index contributed by atoms with van der Waals surface area (Å²) in [6.07, 6.45) is 2.11. The minimum Gasteiger partial charge on any atom is -0.480 e. The summed E-state index contributed by atoms with van der Waals surface area (Å²) in [6.45, 7) is 1.91. The van der Waals surface area contributed by atoms with Gasteiger partial charge >= 0.3 is 5.97 Å². The minimum absolute atomic E-state index is 0.0738. The fourth-order valence-corrected chi connectivity index (χ4v) is 2.27. The van der Waals surface area contributed by atoms with Crippen LogP contribution >= 0.6 is 0 Å². The predicted octanol–water partition coefficient (Wildman–Crippen LogP) is -2.43. The molecule has 3 atom stereocenters. The number of rotatable bonds is 13. The van der Waals surface area contributed by atoms with Crippen LogP contribution in [-0.4, -0.2) is 60.1 Å². The topological polar surface area (TPSA) is 212 Å². The third-order valence-corrected chi connectivity index (χ3v) is 3.64. The number of carbonyl (C=O) groups excluding carboxylic acids is 2. The standard InChI is InChI=1S/C15H31N7O4/c1-9(20-15(18)19)5-6-10(21-12(23)8-17)13(24)22-11(14(25)26)4-2-3-7-16/h9-11H,2-8,16-17H2,1H3,(H,21,23)(H,22,24)(H,25,26)(H4,18,19,20)/t9?,10-,11-/m0/s1. The summed E-state index contributed by atoms with van der Waals surface area (Å²) in [7, 11) is 0. The van der Waals surface area contributed by atoms with Crippen molar-refractivity contribution in [2.75, 3.05) is 13.1 Å². The zero-order valence-corrected chi connectivity index (χ0v) is 15.1. The number of nitrogens with one attached hydrogen (secondary N) is 2. The molecule has 0 aliphatic carbocycles. The van der Waals surface area contributed by atoms with Crippen LogP contribution in [0.2, 0.25) is 0 Å². The highest BCUT2D eigenvalue weighted by Crippen LogP contribution is 2.07. The highest BCUT2D eigenvalue weighted by molar-refractivity contribution is 5.90. The Morgan fingerprint density at radius 1 is 1.00 bits per heavy atom. The zero-order chi connectivity index (χ0) is 20.1. The molecule has 2 amide bonds. The van der Waals surface area contributed by atoms with Gasteiger partial charge in [-0.1, -0.05) is 0 Å². The van der Waals surface area contributed by atoms with E-state index in [1.54, 1.807) is 6.92 Å². The van der Waals surface area contributed by atoms with E-state index in [9.17, 15) is 19.5 Å². The number of hydrogen-bond donors (Lipinski definition) is 7. The van der Waals surface area contributed by atoms with Gasteiger partial charge in [-0.15, -0.1) is 0 Å². The highest BCUT2D eigenvalue weighted by Gasteiger charge is 2.26. The van der Waals surface area contributed by atoms with Crippen molar-refractivity contribution in [1.82, 2.24) is 10.6 Å². The van der Waals surface area contributed by atoms with Crippen LogP contribution in [0.5, 0.6) is 0 Å². The van der Waals surface area contributed by atoms with E-state index in [2.05, 4.69) is 15.6 Å². The molecule has 0 radical (unpaired) electrons. The van der Waals surface area contributed by atoms with Gasteiger partial charge in [0.05, 0.1) is 12.6 Å². The van der Waals surface area contributed by atoms with Gasteiger partial charge < -0.3 is 38.7 Å². The number of nitrogens with two attached hydrogens (primary N) is 4. The Bertz CT molecular complexity index is 494. The third-order valence-electron chi connectivity index (χ3n) is 3.64. The van der Waals surface area contributed by atoms with E-state index in [4.69, 9.17) is 22.9 Å². The third kappa shape index (κ3) is 10.5. The maximum absolute atomic E-state index is 12.4. The lowest BCUT2D eigenvalue weighted by molar-refractivity contribution is -0.142. The second kappa shape index (κ2) is 12.9. The van der Waals surface area contributed by atoms with E-state index < -0.39 is 29.9 Å². The summed E-state index contributed by atoms with van der Waals surface area (Å²) in [5.74, 6) is -2.33. The van der Waals surface area contributed by atoms with Gasteiger partial charge in [-0.3, -0.25) is 14.6 Å². The average molecular weight is 373 g/mol. The number of nitrogens with zero attached hydrogens (tertiary/aromatic N) is 1. The molecular weight excluding hydrogens is 342 g/mol. The van der Waals surface area contributed by atoms with E-state index in [0.717, 1.165) is 0 Å². The second-order valence-electron chi connectivity index (χ2n) is 5.99. The number of hydrogen-bond acceptors (Lipinski definition) is 6. The highest BCUT2D eigenvalue weighted by atomic mass is 16.4. The summed E-state index contributed by atoms with van der Waals surface area (Å²) >= 11 is 0. The maximum atomic E-state index is 12.4. The molecule has 1 unspecified atom stereocenters. The van der Waals surface area contributed by atoms with Gasteiger partial charge in [-0.05, 0) is 45.6 Å². The van der Waals surface area contributed by atoms with Gasteiger partial charge in [0, 0.05) is 0 Å². The lowest BCUT2D eigenvalue weighted by Crippen LogP contribution is -2.52. The van der Waals surface area contributed by atoms with E-state index in [-0.39, 0.29) is 31.4 Å². The van der Waals surface area contributed by atoms with E-state index >= 15 is 0 Å². The number of amides is 2.